The summed E-state index contributed by atoms with van der Waals surface area (Å²) in [6, 6.07) is 9.58. The molecule has 0 radical (unpaired) electrons. The molecule has 1 aliphatic heterocycles. The summed E-state index contributed by atoms with van der Waals surface area (Å²) in [6.07, 6.45) is 5.28. The van der Waals surface area contributed by atoms with Crippen molar-refractivity contribution in [3.8, 4) is 0 Å². The lowest BCUT2D eigenvalue weighted by Gasteiger charge is -2.24. The van der Waals surface area contributed by atoms with Gasteiger partial charge in [-0.05, 0) is 48.2 Å². The summed E-state index contributed by atoms with van der Waals surface area (Å²) in [5, 5.41) is 2.99. The Bertz CT molecular complexity index is 953. The predicted molar refractivity (Wildman–Crippen MR) is 105 cm³/mol. The monoisotopic (exact) mass is 351 g/mol. The van der Waals surface area contributed by atoms with Crippen LogP contribution in [0.1, 0.15) is 34.1 Å². The molecule has 5 heteroatoms. The van der Waals surface area contributed by atoms with Crippen LogP contribution in [0.5, 0.6) is 0 Å². The van der Waals surface area contributed by atoms with Gasteiger partial charge < -0.3 is 5.84 Å². The fourth-order valence-electron chi connectivity index (χ4n) is 3.45. The second-order valence-corrected chi connectivity index (χ2v) is 7.31. The molecule has 1 aromatic carbocycles. The number of thiophene rings is 1. The van der Waals surface area contributed by atoms with Gasteiger partial charge >= 0.3 is 0 Å². The molecule has 3 heterocycles. The fraction of sp³-hybridized carbons (Fsp3) is 0.250. The molecule has 0 atom stereocenters. The van der Waals surface area contributed by atoms with E-state index in [0.717, 1.165) is 47.4 Å². The van der Waals surface area contributed by atoms with E-state index >= 15 is 0 Å². The maximum absolute atomic E-state index is 12.7. The third kappa shape index (κ3) is 2.90. The first-order valence-electron chi connectivity index (χ1n) is 8.57. The first kappa shape index (κ1) is 16.1. The number of hydrogen-bond acceptors (Lipinski definition) is 4. The van der Waals surface area contributed by atoms with Crippen molar-refractivity contribution in [3.05, 3.63) is 64.0 Å². The number of nitrogens with zero attached hydrogens (tertiary/aromatic N) is 2. The summed E-state index contributed by atoms with van der Waals surface area (Å²) >= 11 is 1.48. The number of likely N-dealkylation sites (N-methyl/N-ethyl adjacent to an activating group) is 1. The van der Waals surface area contributed by atoms with E-state index in [1.165, 1.54) is 16.9 Å². The van der Waals surface area contributed by atoms with Crippen LogP contribution in [0.4, 0.5) is 0 Å². The molecule has 2 N–H and O–H groups in total. The highest BCUT2D eigenvalue weighted by Gasteiger charge is 2.18. The lowest BCUT2D eigenvalue weighted by atomic mass is 9.97. The Morgan fingerprint density at radius 3 is 2.88 bits per heavy atom. The molecule has 128 valence electrons. The van der Waals surface area contributed by atoms with Crippen LogP contribution < -0.4 is 5.84 Å². The van der Waals surface area contributed by atoms with E-state index in [2.05, 4.69) is 17.9 Å². The second-order valence-electron chi connectivity index (χ2n) is 6.36. The zero-order valence-electron chi connectivity index (χ0n) is 14.2. The first-order chi connectivity index (χ1) is 12.2. The maximum atomic E-state index is 12.7. The van der Waals surface area contributed by atoms with Gasteiger partial charge in [0, 0.05) is 35.8 Å². The maximum Gasteiger partial charge on any atom is 0.202 e. The van der Waals surface area contributed by atoms with Crippen LogP contribution in [0.2, 0.25) is 0 Å². The molecule has 4 nitrogen and oxygen atoms in total. The molecule has 3 aromatic rings. The van der Waals surface area contributed by atoms with Crippen LogP contribution in [-0.4, -0.2) is 35.0 Å². The number of nitrogens with two attached hydrogens (primary N) is 1. The summed E-state index contributed by atoms with van der Waals surface area (Å²) in [4.78, 5) is 15.9. The Labute approximate surface area is 151 Å². The highest BCUT2D eigenvalue weighted by Crippen LogP contribution is 2.31. The molecule has 0 bridgehead atoms. The van der Waals surface area contributed by atoms with Crippen molar-refractivity contribution in [1.29, 1.82) is 0 Å². The van der Waals surface area contributed by atoms with Gasteiger partial charge in [-0.15, -0.1) is 11.3 Å². The van der Waals surface area contributed by atoms with Gasteiger partial charge in [-0.3, -0.25) is 14.4 Å². The molecular formula is C20H21N3OS. The Morgan fingerprint density at radius 1 is 1.32 bits per heavy atom. The summed E-state index contributed by atoms with van der Waals surface area (Å²) < 4.78 is 1.66. The number of rotatable bonds is 4. The van der Waals surface area contributed by atoms with E-state index in [4.69, 9.17) is 5.84 Å². The highest BCUT2D eigenvalue weighted by atomic mass is 32.1. The number of nitrogen functional groups attached to an aromatic ring is 1. The average Bonchev–Trinajstić information content (AvgIpc) is 3.29. The largest absolute Gasteiger partial charge is 0.339 e. The van der Waals surface area contributed by atoms with Gasteiger partial charge in [0.15, 0.2) is 0 Å². The normalized spacial score (nSPS) is 15.5. The number of carbonyl (C=O) groups excluding carboxylic acids is 1. The minimum absolute atomic E-state index is 0.0717. The molecule has 0 aliphatic carbocycles. The van der Waals surface area contributed by atoms with Crippen LogP contribution in [0, 0.1) is 0 Å². The number of aromatic nitrogens is 1. The molecule has 0 amide bonds. The molecule has 25 heavy (non-hydrogen) atoms. The number of ketones is 1. The molecule has 0 saturated heterocycles. The summed E-state index contributed by atoms with van der Waals surface area (Å²) in [7, 11) is 0. The molecule has 1 aliphatic rings. The number of fused-ring (bicyclic) bond motifs is 1. The van der Waals surface area contributed by atoms with E-state index in [9.17, 15) is 4.79 Å². The molecule has 2 aromatic heterocycles. The van der Waals surface area contributed by atoms with Crippen molar-refractivity contribution in [2.24, 2.45) is 0 Å². The van der Waals surface area contributed by atoms with Crippen LogP contribution in [-0.2, 0) is 0 Å². The lowest BCUT2D eigenvalue weighted by molar-refractivity contribution is 0.104. The van der Waals surface area contributed by atoms with Crippen molar-refractivity contribution in [1.82, 2.24) is 9.58 Å². The molecule has 0 spiro atoms. The van der Waals surface area contributed by atoms with E-state index < -0.39 is 0 Å². The van der Waals surface area contributed by atoms with E-state index in [-0.39, 0.29) is 5.78 Å². The van der Waals surface area contributed by atoms with E-state index in [0.29, 0.717) is 5.56 Å². The van der Waals surface area contributed by atoms with Gasteiger partial charge in [0.2, 0.25) is 5.78 Å². The zero-order chi connectivity index (χ0) is 17.4. The third-order valence-electron chi connectivity index (χ3n) is 4.93. The fourth-order valence-corrected chi connectivity index (χ4v) is 4.13. The molecule has 0 fully saturated rings. The van der Waals surface area contributed by atoms with E-state index in [1.54, 1.807) is 4.68 Å². The SMILES string of the molecule is CCN1CC=C(c2cn(N)c3ccc(C(=O)c4cccs4)cc23)CC1. The summed E-state index contributed by atoms with van der Waals surface area (Å²) in [6.45, 7) is 5.29. The number of hydrogen-bond donors (Lipinski definition) is 1. The van der Waals surface area contributed by atoms with Crippen LogP contribution in [0.15, 0.2) is 48.0 Å². The van der Waals surface area contributed by atoms with Gasteiger partial charge in [-0.25, -0.2) is 0 Å². The first-order valence-corrected chi connectivity index (χ1v) is 9.45. The Morgan fingerprint density at radius 2 is 2.20 bits per heavy atom. The third-order valence-corrected chi connectivity index (χ3v) is 5.80. The number of carbonyl (C=O) groups is 1. The highest BCUT2D eigenvalue weighted by molar-refractivity contribution is 7.12. The molecule has 0 saturated carbocycles. The number of benzene rings is 1. The van der Waals surface area contributed by atoms with Gasteiger partial charge in [0.05, 0.1) is 10.4 Å². The quantitative estimate of drug-likeness (QED) is 0.575. The van der Waals surface area contributed by atoms with Crippen molar-refractivity contribution in [3.63, 3.8) is 0 Å². The Hall–Kier alpha value is -2.37. The second kappa shape index (κ2) is 6.50. The molecular weight excluding hydrogens is 330 g/mol. The molecule has 0 unspecified atom stereocenters. The van der Waals surface area contributed by atoms with Crippen molar-refractivity contribution in [2.45, 2.75) is 13.3 Å². The Balaban J connectivity index is 1.77. The minimum atomic E-state index is 0.0717. The van der Waals surface area contributed by atoms with Crippen LogP contribution in [0.3, 0.4) is 0 Å². The predicted octanol–water partition coefficient (Wildman–Crippen LogP) is 3.76. The van der Waals surface area contributed by atoms with Gasteiger partial charge in [0.1, 0.15) is 0 Å². The minimum Gasteiger partial charge on any atom is -0.339 e. The van der Waals surface area contributed by atoms with E-state index in [1.807, 2.05) is 41.9 Å². The topological polar surface area (TPSA) is 51.3 Å². The summed E-state index contributed by atoms with van der Waals surface area (Å²) in [5.41, 5.74) is 4.14. The Kier molecular flexibility index (Phi) is 4.19. The average molecular weight is 351 g/mol. The zero-order valence-corrected chi connectivity index (χ0v) is 15.1. The van der Waals surface area contributed by atoms with Gasteiger partial charge in [0.25, 0.3) is 0 Å². The lowest BCUT2D eigenvalue weighted by Crippen LogP contribution is -2.27. The standard InChI is InChI=1S/C20H21N3OS/c1-2-22-9-7-14(8-10-22)17-13-23(21)18-6-5-15(12-16(17)18)20(24)19-4-3-11-25-19/h3-7,11-13H,2,8-10,21H2,1H3. The van der Waals surface area contributed by atoms with Crippen molar-refractivity contribution in [2.75, 3.05) is 25.5 Å². The van der Waals surface area contributed by atoms with Gasteiger partial charge in [-0.1, -0.05) is 19.1 Å². The summed E-state index contributed by atoms with van der Waals surface area (Å²) in [5.74, 6) is 6.23. The van der Waals surface area contributed by atoms with Crippen LogP contribution in [0.25, 0.3) is 16.5 Å². The van der Waals surface area contributed by atoms with Crippen LogP contribution >= 0.6 is 11.3 Å². The molecule has 4 rings (SSSR count). The van der Waals surface area contributed by atoms with Crippen molar-refractivity contribution < 1.29 is 4.79 Å². The van der Waals surface area contributed by atoms with Crippen molar-refractivity contribution >= 4 is 33.6 Å². The van der Waals surface area contributed by atoms with Gasteiger partial charge in [-0.2, -0.15) is 0 Å². The smallest absolute Gasteiger partial charge is 0.202 e.